The average Bonchev–Trinajstić information content (AvgIpc) is 2.66. The van der Waals surface area contributed by atoms with Gasteiger partial charge in [0.1, 0.15) is 0 Å². The second-order valence-electron chi connectivity index (χ2n) is 7.31. The first-order valence-electron chi connectivity index (χ1n) is 9.47. The Kier molecular flexibility index (Phi) is 7.45. The molecule has 1 fully saturated rings. The lowest BCUT2D eigenvalue weighted by molar-refractivity contribution is -0.135. The van der Waals surface area contributed by atoms with E-state index >= 15 is 0 Å². The van der Waals surface area contributed by atoms with Gasteiger partial charge in [0.15, 0.2) is 0 Å². The van der Waals surface area contributed by atoms with E-state index in [1.54, 1.807) is 0 Å². The molecule has 1 aliphatic rings. The highest BCUT2D eigenvalue weighted by Gasteiger charge is 2.28. The summed E-state index contributed by atoms with van der Waals surface area (Å²) in [7, 11) is 0. The molecule has 3 N–H and O–H groups in total. The predicted octanol–water partition coefficient (Wildman–Crippen LogP) is 3.02. The monoisotopic (exact) mass is 361 g/mol. The van der Waals surface area contributed by atoms with Gasteiger partial charge in [-0.05, 0) is 48.8 Å². The summed E-state index contributed by atoms with van der Waals surface area (Å²) in [5, 5.41) is 2.74. The molecule has 6 nitrogen and oxygen atoms in total. The number of nitrogens with one attached hydrogen (secondary N) is 1. The highest BCUT2D eigenvalue weighted by atomic mass is 16.5. The fourth-order valence-electron chi connectivity index (χ4n) is 2.99. The van der Waals surface area contributed by atoms with Crippen LogP contribution < -0.4 is 11.1 Å². The van der Waals surface area contributed by atoms with E-state index in [0.717, 1.165) is 24.9 Å². The quantitative estimate of drug-likeness (QED) is 0.816. The van der Waals surface area contributed by atoms with Crippen molar-refractivity contribution >= 4 is 17.7 Å². The normalized spacial score (nSPS) is 16.4. The van der Waals surface area contributed by atoms with Crippen molar-refractivity contribution in [1.82, 2.24) is 4.90 Å². The summed E-state index contributed by atoms with van der Waals surface area (Å²) in [5.41, 5.74) is 7.90. The van der Waals surface area contributed by atoms with E-state index in [0.29, 0.717) is 19.7 Å². The van der Waals surface area contributed by atoms with Crippen LogP contribution in [0.25, 0.3) is 0 Å². The number of carbonyl (C=O) groups excluding carboxylic acids is 2. The van der Waals surface area contributed by atoms with Gasteiger partial charge in [-0.1, -0.05) is 32.9 Å². The number of benzene rings is 1. The molecule has 0 aromatic heterocycles. The molecule has 1 aliphatic heterocycles. The molecule has 1 aromatic rings. The number of carbonyl (C=O) groups is 2. The number of aryl methyl sites for hydroxylation is 1. The molecule has 1 saturated heterocycles. The maximum absolute atomic E-state index is 12.3. The first-order chi connectivity index (χ1) is 12.4. The van der Waals surface area contributed by atoms with Gasteiger partial charge >= 0.3 is 6.09 Å². The minimum absolute atomic E-state index is 0.0210. The number of nitrogens with zero attached hydrogens (tertiary/aromatic N) is 1. The summed E-state index contributed by atoms with van der Waals surface area (Å²) in [6.07, 6.45) is 2.19. The van der Waals surface area contributed by atoms with Gasteiger partial charge in [0.05, 0.1) is 12.6 Å². The van der Waals surface area contributed by atoms with Crippen LogP contribution in [0.15, 0.2) is 24.3 Å². The molecule has 0 radical (unpaired) electrons. The fourth-order valence-corrected chi connectivity index (χ4v) is 2.99. The Morgan fingerprint density at radius 1 is 1.23 bits per heavy atom. The minimum Gasteiger partial charge on any atom is -0.449 e. The third-order valence-corrected chi connectivity index (χ3v) is 4.99. The Morgan fingerprint density at radius 3 is 2.38 bits per heavy atom. The number of rotatable bonds is 6. The van der Waals surface area contributed by atoms with E-state index in [9.17, 15) is 9.59 Å². The summed E-state index contributed by atoms with van der Waals surface area (Å²) in [6, 6.07) is 7.30. The highest BCUT2D eigenvalue weighted by Crippen LogP contribution is 2.19. The van der Waals surface area contributed by atoms with Crippen LogP contribution in [0, 0.1) is 11.8 Å². The van der Waals surface area contributed by atoms with Crippen molar-refractivity contribution in [2.24, 2.45) is 17.6 Å². The Labute approximate surface area is 156 Å². The number of piperidine rings is 1. The van der Waals surface area contributed by atoms with Gasteiger partial charge in [-0.15, -0.1) is 0 Å². The van der Waals surface area contributed by atoms with E-state index in [-0.39, 0.29) is 17.7 Å². The Balaban J connectivity index is 1.70. The lowest BCUT2D eigenvalue weighted by Crippen LogP contribution is -2.49. The van der Waals surface area contributed by atoms with Crippen LogP contribution in [0.4, 0.5) is 10.5 Å². The minimum atomic E-state index is -0.437. The second-order valence-corrected chi connectivity index (χ2v) is 7.31. The number of hydrogen-bond acceptors (Lipinski definition) is 4. The lowest BCUT2D eigenvalue weighted by atomic mass is 9.96. The van der Waals surface area contributed by atoms with Crippen molar-refractivity contribution in [1.29, 1.82) is 0 Å². The van der Waals surface area contributed by atoms with Gasteiger partial charge in [-0.2, -0.15) is 0 Å². The van der Waals surface area contributed by atoms with Crippen molar-refractivity contribution in [3.8, 4) is 0 Å². The van der Waals surface area contributed by atoms with Crippen LogP contribution in [-0.2, 0) is 16.0 Å². The summed E-state index contributed by atoms with van der Waals surface area (Å²) in [5.74, 6) is 0.439. The third kappa shape index (κ3) is 5.73. The van der Waals surface area contributed by atoms with Crippen molar-refractivity contribution in [2.75, 3.05) is 25.0 Å². The van der Waals surface area contributed by atoms with E-state index in [1.807, 2.05) is 43.0 Å². The zero-order valence-corrected chi connectivity index (χ0v) is 16.0. The molecule has 1 aromatic carbocycles. The lowest BCUT2D eigenvalue weighted by Gasteiger charge is -2.34. The van der Waals surface area contributed by atoms with Crippen molar-refractivity contribution in [2.45, 2.75) is 46.1 Å². The third-order valence-electron chi connectivity index (χ3n) is 4.99. The van der Waals surface area contributed by atoms with E-state index in [4.69, 9.17) is 10.5 Å². The van der Waals surface area contributed by atoms with Crippen molar-refractivity contribution in [3.05, 3.63) is 29.8 Å². The molecule has 0 aliphatic carbocycles. The summed E-state index contributed by atoms with van der Waals surface area (Å²) in [4.78, 5) is 26.0. The molecular weight excluding hydrogens is 330 g/mol. The molecular formula is C20H31N3O3. The molecule has 144 valence electrons. The second kappa shape index (κ2) is 9.57. The zero-order valence-electron chi connectivity index (χ0n) is 16.0. The number of ether oxygens (including phenoxy) is 1. The fraction of sp³-hybridized carbons (Fsp3) is 0.600. The van der Waals surface area contributed by atoms with Gasteiger partial charge in [-0.3, -0.25) is 10.1 Å². The molecule has 1 unspecified atom stereocenters. The predicted molar refractivity (Wildman–Crippen MR) is 103 cm³/mol. The van der Waals surface area contributed by atoms with Gasteiger partial charge in [-0.25, -0.2) is 4.79 Å². The molecule has 6 heteroatoms. The number of likely N-dealkylation sites (tertiary alicyclic amines) is 1. The van der Waals surface area contributed by atoms with Crippen LogP contribution in [0.2, 0.25) is 0 Å². The number of anilines is 1. The summed E-state index contributed by atoms with van der Waals surface area (Å²) >= 11 is 0. The SMILES string of the molecule is CCc1ccc(NC(=O)OCC2CCN(C(=O)C(N)C(C)C)CC2)cc1. The summed E-state index contributed by atoms with van der Waals surface area (Å²) in [6.45, 7) is 7.72. The number of hydrogen-bond donors (Lipinski definition) is 2. The van der Waals surface area contributed by atoms with Crippen LogP contribution in [0.5, 0.6) is 0 Å². The maximum atomic E-state index is 12.3. The molecule has 0 spiro atoms. The highest BCUT2D eigenvalue weighted by molar-refractivity contribution is 5.84. The Morgan fingerprint density at radius 2 is 1.85 bits per heavy atom. The van der Waals surface area contributed by atoms with Crippen LogP contribution >= 0.6 is 0 Å². The first-order valence-corrected chi connectivity index (χ1v) is 9.47. The van der Waals surface area contributed by atoms with Crippen LogP contribution in [-0.4, -0.2) is 42.6 Å². The summed E-state index contributed by atoms with van der Waals surface area (Å²) < 4.78 is 5.35. The van der Waals surface area contributed by atoms with Crippen LogP contribution in [0.3, 0.4) is 0 Å². The number of nitrogens with two attached hydrogens (primary N) is 1. The molecule has 2 rings (SSSR count). The Hall–Kier alpha value is -2.08. The van der Waals surface area contributed by atoms with Crippen LogP contribution in [0.1, 0.15) is 39.2 Å². The molecule has 2 amide bonds. The standard InChI is InChI=1S/C20H31N3O3/c1-4-15-5-7-17(8-6-15)22-20(25)26-13-16-9-11-23(12-10-16)19(24)18(21)14(2)3/h5-8,14,16,18H,4,9-13,21H2,1-3H3,(H,22,25). The van der Waals surface area contributed by atoms with Crippen molar-refractivity contribution < 1.29 is 14.3 Å². The zero-order chi connectivity index (χ0) is 19.1. The molecule has 0 saturated carbocycles. The smallest absolute Gasteiger partial charge is 0.411 e. The van der Waals surface area contributed by atoms with E-state index in [1.165, 1.54) is 5.56 Å². The van der Waals surface area contributed by atoms with Gasteiger partial charge in [0, 0.05) is 18.8 Å². The van der Waals surface area contributed by atoms with Crippen molar-refractivity contribution in [3.63, 3.8) is 0 Å². The van der Waals surface area contributed by atoms with Gasteiger partial charge < -0.3 is 15.4 Å². The van der Waals surface area contributed by atoms with E-state index < -0.39 is 12.1 Å². The number of amides is 2. The van der Waals surface area contributed by atoms with E-state index in [2.05, 4.69) is 12.2 Å². The van der Waals surface area contributed by atoms with Gasteiger partial charge in [0.2, 0.25) is 5.91 Å². The molecule has 1 atom stereocenters. The Bertz CT molecular complexity index is 593. The van der Waals surface area contributed by atoms with Gasteiger partial charge in [0.25, 0.3) is 0 Å². The topological polar surface area (TPSA) is 84.7 Å². The first kappa shape index (κ1) is 20.2. The maximum Gasteiger partial charge on any atom is 0.411 e. The molecule has 0 bridgehead atoms. The largest absolute Gasteiger partial charge is 0.449 e. The molecule has 26 heavy (non-hydrogen) atoms. The molecule has 1 heterocycles. The average molecular weight is 361 g/mol.